The molecule has 0 bridgehead atoms. The summed E-state index contributed by atoms with van der Waals surface area (Å²) in [5.41, 5.74) is 1.68. The number of carbonyl (C=O) groups is 1. The van der Waals surface area contributed by atoms with Crippen LogP contribution in [0.4, 0.5) is 4.39 Å². The Morgan fingerprint density at radius 1 is 1.41 bits per heavy atom. The van der Waals surface area contributed by atoms with Crippen molar-refractivity contribution in [2.24, 2.45) is 7.05 Å². The van der Waals surface area contributed by atoms with Crippen LogP contribution in [0.3, 0.4) is 0 Å². The van der Waals surface area contributed by atoms with E-state index < -0.39 is 5.97 Å². The first-order chi connectivity index (χ1) is 7.99. The summed E-state index contributed by atoms with van der Waals surface area (Å²) in [6.07, 6.45) is 0. The van der Waals surface area contributed by atoms with Gasteiger partial charge >= 0.3 is 5.97 Å². The first-order valence-electron chi connectivity index (χ1n) is 5.03. The Kier molecular flexibility index (Phi) is 2.67. The van der Waals surface area contributed by atoms with E-state index in [0.29, 0.717) is 16.8 Å². The van der Waals surface area contributed by atoms with Gasteiger partial charge in [-0.3, -0.25) is 4.68 Å². The van der Waals surface area contributed by atoms with Gasteiger partial charge in [-0.2, -0.15) is 5.10 Å². The first-order valence-corrected chi connectivity index (χ1v) is 5.03. The highest BCUT2D eigenvalue weighted by atomic mass is 19.1. The van der Waals surface area contributed by atoms with Crippen molar-refractivity contribution in [2.75, 3.05) is 0 Å². The Hall–Kier alpha value is -2.17. The summed E-state index contributed by atoms with van der Waals surface area (Å²) >= 11 is 0. The van der Waals surface area contributed by atoms with Gasteiger partial charge in [0.15, 0.2) is 5.69 Å². The van der Waals surface area contributed by atoms with Gasteiger partial charge in [0.2, 0.25) is 0 Å². The SMILES string of the molecule is Cc1ccc(-c2cc(C(=O)O)nn2C)cc1F. The number of rotatable bonds is 2. The molecule has 0 spiro atoms. The highest BCUT2D eigenvalue weighted by Gasteiger charge is 2.13. The number of aryl methyl sites for hydroxylation is 2. The second-order valence-electron chi connectivity index (χ2n) is 3.81. The van der Waals surface area contributed by atoms with E-state index in [9.17, 15) is 9.18 Å². The van der Waals surface area contributed by atoms with Crippen LogP contribution in [0, 0.1) is 12.7 Å². The minimum absolute atomic E-state index is 0.0523. The summed E-state index contributed by atoms with van der Waals surface area (Å²) in [6.45, 7) is 1.67. The molecule has 0 radical (unpaired) electrons. The molecule has 0 aliphatic carbocycles. The summed E-state index contributed by atoms with van der Waals surface area (Å²) in [5, 5.41) is 12.7. The molecule has 2 aromatic rings. The molecule has 0 amide bonds. The zero-order chi connectivity index (χ0) is 12.6. The quantitative estimate of drug-likeness (QED) is 0.866. The minimum atomic E-state index is -1.10. The van der Waals surface area contributed by atoms with Crippen LogP contribution in [0.5, 0.6) is 0 Å². The second-order valence-corrected chi connectivity index (χ2v) is 3.81. The van der Waals surface area contributed by atoms with Crippen molar-refractivity contribution in [3.8, 4) is 11.3 Å². The van der Waals surface area contributed by atoms with Crippen molar-refractivity contribution in [3.05, 3.63) is 41.3 Å². The molecule has 88 valence electrons. The molecule has 1 aromatic heterocycles. The van der Waals surface area contributed by atoms with Crippen LogP contribution in [0.2, 0.25) is 0 Å². The molecule has 2 rings (SSSR count). The predicted octanol–water partition coefficient (Wildman–Crippen LogP) is 2.23. The van der Waals surface area contributed by atoms with E-state index in [-0.39, 0.29) is 11.5 Å². The maximum atomic E-state index is 13.4. The molecule has 0 aliphatic heterocycles. The molecular weight excluding hydrogens is 223 g/mol. The zero-order valence-corrected chi connectivity index (χ0v) is 9.44. The molecule has 5 heteroatoms. The van der Waals surface area contributed by atoms with E-state index >= 15 is 0 Å². The molecule has 1 heterocycles. The molecule has 4 nitrogen and oxygen atoms in total. The van der Waals surface area contributed by atoms with Gasteiger partial charge in [-0.05, 0) is 24.6 Å². The van der Waals surface area contributed by atoms with Crippen molar-refractivity contribution in [2.45, 2.75) is 6.92 Å². The summed E-state index contributed by atoms with van der Waals surface area (Å²) in [4.78, 5) is 10.8. The van der Waals surface area contributed by atoms with E-state index in [1.54, 1.807) is 26.1 Å². The Bertz CT molecular complexity index is 590. The molecule has 0 aliphatic rings. The van der Waals surface area contributed by atoms with E-state index in [1.165, 1.54) is 16.8 Å². The monoisotopic (exact) mass is 234 g/mol. The van der Waals surface area contributed by atoms with E-state index in [1.807, 2.05) is 0 Å². The fraction of sp³-hybridized carbons (Fsp3) is 0.167. The summed E-state index contributed by atoms with van der Waals surface area (Å²) in [7, 11) is 1.62. The van der Waals surface area contributed by atoms with Crippen molar-refractivity contribution in [3.63, 3.8) is 0 Å². The van der Waals surface area contributed by atoms with Gasteiger partial charge in [0.25, 0.3) is 0 Å². The van der Waals surface area contributed by atoms with Crippen LogP contribution in [-0.4, -0.2) is 20.9 Å². The Balaban J connectivity index is 2.52. The second kappa shape index (κ2) is 4.01. The average Bonchev–Trinajstić information content (AvgIpc) is 2.65. The molecule has 0 unspecified atom stereocenters. The number of benzene rings is 1. The number of carboxylic acid groups (broad SMARTS) is 1. The van der Waals surface area contributed by atoms with Crippen molar-refractivity contribution in [1.82, 2.24) is 9.78 Å². The number of aromatic carboxylic acids is 1. The number of nitrogens with zero attached hydrogens (tertiary/aromatic N) is 2. The third-order valence-electron chi connectivity index (χ3n) is 2.57. The molecule has 1 aromatic carbocycles. The largest absolute Gasteiger partial charge is 0.476 e. The lowest BCUT2D eigenvalue weighted by molar-refractivity contribution is 0.0689. The highest BCUT2D eigenvalue weighted by Crippen LogP contribution is 2.22. The average molecular weight is 234 g/mol. The van der Waals surface area contributed by atoms with Crippen LogP contribution in [0.1, 0.15) is 16.1 Å². The Morgan fingerprint density at radius 2 is 2.12 bits per heavy atom. The lowest BCUT2D eigenvalue weighted by atomic mass is 10.1. The van der Waals surface area contributed by atoms with E-state index in [2.05, 4.69) is 5.10 Å². The Labute approximate surface area is 97.3 Å². The van der Waals surface area contributed by atoms with Gasteiger partial charge in [0.1, 0.15) is 5.82 Å². The molecule has 0 saturated heterocycles. The van der Waals surface area contributed by atoms with Gasteiger partial charge in [0.05, 0.1) is 5.69 Å². The maximum absolute atomic E-state index is 13.4. The molecule has 0 atom stereocenters. The molecule has 0 saturated carbocycles. The highest BCUT2D eigenvalue weighted by molar-refractivity contribution is 5.87. The van der Waals surface area contributed by atoms with Gasteiger partial charge in [-0.1, -0.05) is 12.1 Å². The molecule has 1 N–H and O–H groups in total. The zero-order valence-electron chi connectivity index (χ0n) is 9.44. The maximum Gasteiger partial charge on any atom is 0.356 e. The van der Waals surface area contributed by atoms with Crippen molar-refractivity contribution < 1.29 is 14.3 Å². The Morgan fingerprint density at radius 3 is 2.65 bits per heavy atom. The van der Waals surface area contributed by atoms with Crippen molar-refractivity contribution in [1.29, 1.82) is 0 Å². The minimum Gasteiger partial charge on any atom is -0.476 e. The fourth-order valence-electron chi connectivity index (χ4n) is 1.59. The number of halogens is 1. The summed E-state index contributed by atoms with van der Waals surface area (Å²) in [5.74, 6) is -1.42. The van der Waals surface area contributed by atoms with Crippen molar-refractivity contribution >= 4 is 5.97 Å². The van der Waals surface area contributed by atoms with E-state index in [4.69, 9.17) is 5.11 Å². The van der Waals surface area contributed by atoms with Crippen LogP contribution in [0.15, 0.2) is 24.3 Å². The van der Waals surface area contributed by atoms with Gasteiger partial charge in [-0.25, -0.2) is 9.18 Å². The van der Waals surface area contributed by atoms with Crippen LogP contribution < -0.4 is 0 Å². The predicted molar refractivity (Wildman–Crippen MR) is 60.3 cm³/mol. The van der Waals surface area contributed by atoms with Crippen LogP contribution >= 0.6 is 0 Å². The first kappa shape index (κ1) is 11.3. The van der Waals surface area contributed by atoms with Crippen LogP contribution in [0.25, 0.3) is 11.3 Å². The smallest absolute Gasteiger partial charge is 0.356 e. The fourth-order valence-corrected chi connectivity index (χ4v) is 1.59. The third-order valence-corrected chi connectivity index (χ3v) is 2.57. The molecular formula is C12H11FN2O2. The molecule has 0 fully saturated rings. The number of aromatic nitrogens is 2. The summed E-state index contributed by atoms with van der Waals surface area (Å²) in [6, 6.07) is 6.18. The van der Waals surface area contributed by atoms with Gasteiger partial charge in [0, 0.05) is 12.6 Å². The standard InChI is InChI=1S/C12H11FN2O2/c1-7-3-4-8(5-9(7)13)11-6-10(12(16)17)14-15(11)2/h3-6H,1-2H3,(H,16,17). The lowest BCUT2D eigenvalue weighted by Crippen LogP contribution is -1.99. The third kappa shape index (κ3) is 2.04. The van der Waals surface area contributed by atoms with Gasteiger partial charge in [-0.15, -0.1) is 0 Å². The van der Waals surface area contributed by atoms with E-state index in [0.717, 1.165) is 0 Å². The number of carboxylic acids is 1. The molecule has 17 heavy (non-hydrogen) atoms. The number of hydrogen-bond acceptors (Lipinski definition) is 2. The summed E-state index contributed by atoms with van der Waals surface area (Å²) < 4.78 is 14.8. The van der Waals surface area contributed by atoms with Crippen LogP contribution in [-0.2, 0) is 7.05 Å². The number of hydrogen-bond donors (Lipinski definition) is 1. The topological polar surface area (TPSA) is 55.1 Å². The van der Waals surface area contributed by atoms with Gasteiger partial charge < -0.3 is 5.11 Å². The normalized spacial score (nSPS) is 10.5. The lowest BCUT2D eigenvalue weighted by Gasteiger charge is -2.03.